The molecule has 0 radical (unpaired) electrons. The van der Waals surface area contributed by atoms with Crippen LogP contribution in [0.25, 0.3) is 11.4 Å². The average molecular weight is 369 g/mol. The minimum atomic E-state index is -4.40. The number of alkyl halides is 3. The molecule has 0 aliphatic carbocycles. The fraction of sp³-hybridized carbons (Fsp3) is 0.188. The van der Waals surface area contributed by atoms with E-state index < -0.39 is 11.7 Å². The maximum absolute atomic E-state index is 12.7. The molecule has 0 aliphatic heterocycles. The van der Waals surface area contributed by atoms with Gasteiger partial charge in [-0.25, -0.2) is 0 Å². The number of rotatable bonds is 3. The van der Waals surface area contributed by atoms with Crippen molar-refractivity contribution in [2.75, 3.05) is 5.32 Å². The Morgan fingerprint density at radius 3 is 2.60 bits per heavy atom. The highest BCUT2D eigenvalue weighted by Gasteiger charge is 2.30. The zero-order valence-electron chi connectivity index (χ0n) is 13.4. The molecule has 0 amide bonds. The van der Waals surface area contributed by atoms with Crippen molar-refractivity contribution in [2.24, 2.45) is 0 Å². The normalized spacial score (nSPS) is 10.8. The predicted octanol–water partition coefficient (Wildman–Crippen LogP) is 4.52. The van der Waals surface area contributed by atoms with E-state index >= 15 is 0 Å². The maximum atomic E-state index is 12.7. The Morgan fingerprint density at radius 2 is 1.92 bits per heavy atom. The summed E-state index contributed by atoms with van der Waals surface area (Å²) in [4.78, 5) is 4.20. The van der Waals surface area contributed by atoms with E-state index in [9.17, 15) is 18.4 Å². The molecule has 2 heterocycles. The van der Waals surface area contributed by atoms with E-state index in [0.29, 0.717) is 16.5 Å². The predicted molar refractivity (Wildman–Crippen MR) is 88.8 cm³/mol. The molecule has 0 unspecified atom stereocenters. The summed E-state index contributed by atoms with van der Waals surface area (Å²) in [5.41, 5.74) is 0.118. The number of hydrogen-bond acceptors (Lipinski definition) is 5. The molecule has 3 aromatic rings. The van der Waals surface area contributed by atoms with Gasteiger partial charge < -0.3 is 5.32 Å². The van der Waals surface area contributed by atoms with Crippen molar-refractivity contribution in [3.05, 3.63) is 54.4 Å². The molecule has 2 aromatic heterocycles. The van der Waals surface area contributed by atoms with Crippen molar-refractivity contribution in [3.63, 3.8) is 0 Å². The average Bonchev–Trinajstić information content (AvgIpc) is 3.05. The van der Waals surface area contributed by atoms with E-state index in [1.807, 2.05) is 13.8 Å². The van der Waals surface area contributed by atoms with Crippen LogP contribution in [0, 0.1) is 0 Å². The number of hydrogen-bond donors (Lipinski definition) is 2. The Kier molecular flexibility index (Phi) is 5.92. The van der Waals surface area contributed by atoms with Gasteiger partial charge in [-0.2, -0.15) is 22.5 Å². The van der Waals surface area contributed by atoms with Crippen molar-refractivity contribution in [1.82, 2.24) is 9.36 Å². The highest BCUT2D eigenvalue weighted by molar-refractivity contribution is 7.09. The van der Waals surface area contributed by atoms with Crippen LogP contribution in [-0.2, 0) is 6.18 Å². The Morgan fingerprint density at radius 1 is 1.16 bits per heavy atom. The second-order valence-corrected chi connectivity index (χ2v) is 5.35. The minimum absolute atomic E-state index is 0.271. The summed E-state index contributed by atoms with van der Waals surface area (Å²) < 4.78 is 43.1. The van der Waals surface area contributed by atoms with Crippen LogP contribution in [0.1, 0.15) is 19.4 Å². The largest absolute Gasteiger partial charge is 0.416 e. The second-order valence-electron chi connectivity index (χ2n) is 4.60. The number of benzene rings is 1. The van der Waals surface area contributed by atoms with Gasteiger partial charge in [-0.3, -0.25) is 5.21 Å². The molecule has 3 rings (SSSR count). The first-order chi connectivity index (χ1) is 11.9. The highest BCUT2D eigenvalue weighted by Crippen LogP contribution is 2.31. The van der Waals surface area contributed by atoms with Gasteiger partial charge >= 0.3 is 6.18 Å². The quantitative estimate of drug-likeness (QED) is 0.526. The summed E-state index contributed by atoms with van der Waals surface area (Å²) in [6, 6.07) is 8.17. The molecular formula is C16H16F3N4OS+. The van der Waals surface area contributed by atoms with Crippen LogP contribution in [0.4, 0.5) is 24.0 Å². The van der Waals surface area contributed by atoms with Crippen molar-refractivity contribution < 1.29 is 23.1 Å². The summed E-state index contributed by atoms with van der Waals surface area (Å²) in [5, 5.41) is 12.5. The van der Waals surface area contributed by atoms with Gasteiger partial charge in [0.1, 0.15) is 0 Å². The third-order valence-corrected chi connectivity index (χ3v) is 3.54. The molecule has 132 valence electrons. The number of anilines is 2. The summed E-state index contributed by atoms with van der Waals surface area (Å²) >= 11 is 1.01. The number of nitrogens with one attached hydrogen (secondary N) is 1. The van der Waals surface area contributed by atoms with Crippen LogP contribution < -0.4 is 10.0 Å². The van der Waals surface area contributed by atoms with E-state index in [4.69, 9.17) is 0 Å². The minimum Gasteiger partial charge on any atom is -0.330 e. The molecule has 0 aliphatic rings. The van der Waals surface area contributed by atoms with Gasteiger partial charge in [0.05, 0.1) is 11.1 Å². The van der Waals surface area contributed by atoms with Gasteiger partial charge in [-0.15, -0.1) is 0 Å². The molecule has 2 N–H and O–H groups in total. The van der Waals surface area contributed by atoms with E-state index in [2.05, 4.69) is 14.7 Å². The highest BCUT2D eigenvalue weighted by atomic mass is 32.1. The fourth-order valence-electron chi connectivity index (χ4n) is 1.88. The molecule has 0 saturated heterocycles. The molecule has 0 spiro atoms. The lowest BCUT2D eigenvalue weighted by Crippen LogP contribution is -2.28. The standard InChI is InChI=1S/C14H10F3N4OS.C2H6/c15-14(16,17)10-4-1-5-11(7-10)18-13-19-12(20-23-13)9-3-2-6-21(22)8-9;1-2/h1-8,22H,(H,18,19,20);1-2H3/q+1;. The number of aromatic nitrogens is 3. The lowest BCUT2D eigenvalue weighted by molar-refractivity contribution is -0.904. The zero-order chi connectivity index (χ0) is 18.4. The lowest BCUT2D eigenvalue weighted by Gasteiger charge is -2.08. The van der Waals surface area contributed by atoms with Crippen molar-refractivity contribution in [1.29, 1.82) is 0 Å². The Hall–Kier alpha value is -2.68. The third-order valence-electron chi connectivity index (χ3n) is 2.91. The monoisotopic (exact) mass is 369 g/mol. The van der Waals surface area contributed by atoms with Crippen LogP contribution in [0.3, 0.4) is 0 Å². The third kappa shape index (κ3) is 4.90. The van der Waals surface area contributed by atoms with Gasteiger partial charge in [-0.1, -0.05) is 19.9 Å². The van der Waals surface area contributed by atoms with E-state index in [-0.39, 0.29) is 5.69 Å². The van der Waals surface area contributed by atoms with Crippen molar-refractivity contribution in [3.8, 4) is 11.4 Å². The van der Waals surface area contributed by atoms with Crippen molar-refractivity contribution >= 4 is 22.4 Å². The fourth-order valence-corrected chi connectivity index (χ4v) is 2.49. The zero-order valence-corrected chi connectivity index (χ0v) is 14.3. The molecular weight excluding hydrogens is 353 g/mol. The van der Waals surface area contributed by atoms with Gasteiger partial charge in [0.25, 0.3) is 0 Å². The van der Waals surface area contributed by atoms with Crippen LogP contribution in [0.15, 0.2) is 48.8 Å². The summed E-state index contributed by atoms with van der Waals surface area (Å²) in [6.45, 7) is 4.00. The Labute approximate surface area is 146 Å². The number of nitrogens with zero attached hydrogens (tertiary/aromatic N) is 3. The smallest absolute Gasteiger partial charge is 0.330 e. The molecule has 9 heteroatoms. The summed E-state index contributed by atoms with van der Waals surface area (Å²) in [7, 11) is 0. The first kappa shape index (κ1) is 18.7. The molecule has 5 nitrogen and oxygen atoms in total. The number of halogens is 3. The van der Waals surface area contributed by atoms with Crippen molar-refractivity contribution in [2.45, 2.75) is 20.0 Å². The lowest BCUT2D eigenvalue weighted by atomic mass is 10.2. The van der Waals surface area contributed by atoms with E-state index in [0.717, 1.165) is 28.4 Å². The molecule has 0 bridgehead atoms. The Bertz CT molecular complexity index is 836. The van der Waals surface area contributed by atoms with Gasteiger partial charge in [0.2, 0.25) is 17.5 Å². The first-order valence-electron chi connectivity index (χ1n) is 7.41. The van der Waals surface area contributed by atoms with Gasteiger partial charge in [0, 0.05) is 28.0 Å². The molecule has 1 aromatic carbocycles. The van der Waals surface area contributed by atoms with E-state index in [1.165, 1.54) is 24.5 Å². The van der Waals surface area contributed by atoms with Crippen LogP contribution in [0.2, 0.25) is 0 Å². The first-order valence-corrected chi connectivity index (χ1v) is 8.18. The Balaban J connectivity index is 0.00000109. The van der Waals surface area contributed by atoms with E-state index in [1.54, 1.807) is 12.1 Å². The summed E-state index contributed by atoms with van der Waals surface area (Å²) in [5.74, 6) is 0.368. The molecule has 0 fully saturated rings. The summed E-state index contributed by atoms with van der Waals surface area (Å²) in [6.07, 6.45) is -1.53. The van der Waals surface area contributed by atoms with Gasteiger partial charge in [-0.05, 0) is 24.3 Å². The molecule has 0 saturated carbocycles. The molecule has 0 atom stereocenters. The number of pyridine rings is 1. The van der Waals surface area contributed by atoms with Crippen LogP contribution >= 0.6 is 11.5 Å². The maximum Gasteiger partial charge on any atom is 0.416 e. The van der Waals surface area contributed by atoms with Gasteiger partial charge in [0.15, 0.2) is 5.82 Å². The second kappa shape index (κ2) is 7.93. The van der Waals surface area contributed by atoms with Crippen LogP contribution in [0.5, 0.6) is 0 Å². The van der Waals surface area contributed by atoms with Crippen LogP contribution in [-0.4, -0.2) is 14.6 Å². The topological polar surface area (TPSA) is 61.9 Å². The molecule has 25 heavy (non-hydrogen) atoms. The SMILES string of the molecule is CC.O[n+]1cccc(-c2nsc(Nc3cccc(C(F)(F)F)c3)n2)c1.